The molecule has 0 aliphatic heterocycles. The van der Waals surface area contributed by atoms with E-state index < -0.39 is 6.04 Å². The number of hydrogen-bond donors (Lipinski definition) is 2. The molecule has 0 fully saturated rings. The standard InChI is InChI=1S/C13H22N4O2/c1-5-7-9-8-11(17(4)16-9)13(19)15-10(6-2)12(18)14-3/h8,10H,5-7H2,1-4H3,(H,14,18)(H,15,19). The molecule has 0 saturated carbocycles. The highest BCUT2D eigenvalue weighted by Crippen LogP contribution is 2.06. The zero-order valence-electron chi connectivity index (χ0n) is 12.0. The molecule has 106 valence electrons. The first-order chi connectivity index (χ1) is 9.03. The number of aryl methyl sites for hydroxylation is 2. The summed E-state index contributed by atoms with van der Waals surface area (Å²) in [7, 11) is 3.29. The van der Waals surface area contributed by atoms with Gasteiger partial charge >= 0.3 is 0 Å². The number of aromatic nitrogens is 2. The quantitative estimate of drug-likeness (QED) is 0.793. The zero-order valence-corrected chi connectivity index (χ0v) is 12.0. The number of likely N-dealkylation sites (N-methyl/N-ethyl adjacent to an activating group) is 1. The van der Waals surface area contributed by atoms with Crippen molar-refractivity contribution >= 4 is 11.8 Å². The first kappa shape index (κ1) is 15.2. The van der Waals surface area contributed by atoms with Crippen LogP contribution in [0.25, 0.3) is 0 Å². The normalized spacial score (nSPS) is 12.0. The average molecular weight is 266 g/mol. The van der Waals surface area contributed by atoms with Crippen molar-refractivity contribution in [3.8, 4) is 0 Å². The molecule has 1 aromatic rings. The van der Waals surface area contributed by atoms with Crippen molar-refractivity contribution < 1.29 is 9.59 Å². The fraction of sp³-hybridized carbons (Fsp3) is 0.615. The van der Waals surface area contributed by atoms with E-state index in [1.165, 1.54) is 0 Å². The Morgan fingerprint density at radius 2 is 2.11 bits per heavy atom. The molecule has 0 saturated heterocycles. The van der Waals surface area contributed by atoms with Crippen molar-refractivity contribution in [1.29, 1.82) is 0 Å². The molecule has 1 unspecified atom stereocenters. The third kappa shape index (κ3) is 3.81. The molecule has 0 spiro atoms. The number of amides is 2. The summed E-state index contributed by atoms with van der Waals surface area (Å²) < 4.78 is 1.55. The highest BCUT2D eigenvalue weighted by atomic mass is 16.2. The number of carbonyl (C=O) groups is 2. The Morgan fingerprint density at radius 1 is 1.42 bits per heavy atom. The second kappa shape index (κ2) is 6.92. The molecule has 2 N–H and O–H groups in total. The van der Waals surface area contributed by atoms with Gasteiger partial charge in [-0.3, -0.25) is 14.3 Å². The number of rotatable bonds is 6. The number of nitrogens with one attached hydrogen (secondary N) is 2. The van der Waals surface area contributed by atoms with E-state index in [-0.39, 0.29) is 11.8 Å². The van der Waals surface area contributed by atoms with E-state index in [0.29, 0.717) is 12.1 Å². The third-order valence-electron chi connectivity index (χ3n) is 2.95. The zero-order chi connectivity index (χ0) is 14.4. The summed E-state index contributed by atoms with van der Waals surface area (Å²) >= 11 is 0. The first-order valence-corrected chi connectivity index (χ1v) is 6.58. The summed E-state index contributed by atoms with van der Waals surface area (Å²) in [6, 6.07) is 1.26. The van der Waals surface area contributed by atoms with E-state index in [4.69, 9.17) is 0 Å². The van der Waals surface area contributed by atoms with Gasteiger partial charge in [-0.25, -0.2) is 0 Å². The molecule has 1 aromatic heterocycles. The minimum atomic E-state index is -0.512. The van der Waals surface area contributed by atoms with Gasteiger partial charge in [-0.1, -0.05) is 20.3 Å². The van der Waals surface area contributed by atoms with Gasteiger partial charge in [-0.05, 0) is 18.9 Å². The van der Waals surface area contributed by atoms with Gasteiger partial charge in [-0.15, -0.1) is 0 Å². The lowest BCUT2D eigenvalue weighted by molar-refractivity contribution is -0.122. The van der Waals surface area contributed by atoms with Crippen LogP contribution in [0.2, 0.25) is 0 Å². The molecule has 1 heterocycles. The predicted molar refractivity (Wildman–Crippen MR) is 72.8 cm³/mol. The maximum atomic E-state index is 12.1. The van der Waals surface area contributed by atoms with Gasteiger partial charge < -0.3 is 10.6 Å². The van der Waals surface area contributed by atoms with Crippen molar-refractivity contribution in [2.75, 3.05) is 7.05 Å². The van der Waals surface area contributed by atoms with Crippen LogP contribution >= 0.6 is 0 Å². The number of hydrogen-bond acceptors (Lipinski definition) is 3. The van der Waals surface area contributed by atoms with Crippen LogP contribution in [0.5, 0.6) is 0 Å². The van der Waals surface area contributed by atoms with Crippen molar-refractivity contribution in [2.45, 2.75) is 39.2 Å². The van der Waals surface area contributed by atoms with Gasteiger partial charge in [-0.2, -0.15) is 5.10 Å². The Kier molecular flexibility index (Phi) is 5.54. The molecular formula is C13H22N4O2. The Bertz CT molecular complexity index is 453. The summed E-state index contributed by atoms with van der Waals surface area (Å²) in [5.74, 6) is -0.459. The van der Waals surface area contributed by atoms with Crippen molar-refractivity contribution in [3.63, 3.8) is 0 Å². The molecule has 0 aromatic carbocycles. The molecule has 6 nitrogen and oxygen atoms in total. The SMILES string of the molecule is CCCc1cc(C(=O)NC(CC)C(=O)NC)n(C)n1. The van der Waals surface area contributed by atoms with Gasteiger partial charge in [0.1, 0.15) is 11.7 Å². The van der Waals surface area contributed by atoms with E-state index in [9.17, 15) is 9.59 Å². The average Bonchev–Trinajstić information content (AvgIpc) is 2.76. The molecule has 0 aliphatic carbocycles. The molecule has 0 aliphatic rings. The van der Waals surface area contributed by atoms with Crippen LogP contribution in [0, 0.1) is 0 Å². The molecule has 1 rings (SSSR count). The van der Waals surface area contributed by atoms with Crippen LogP contribution in [-0.2, 0) is 18.3 Å². The first-order valence-electron chi connectivity index (χ1n) is 6.58. The minimum Gasteiger partial charge on any atom is -0.357 e. The fourth-order valence-electron chi connectivity index (χ4n) is 1.88. The van der Waals surface area contributed by atoms with Crippen LogP contribution in [0.15, 0.2) is 6.07 Å². The number of carbonyl (C=O) groups excluding carboxylic acids is 2. The smallest absolute Gasteiger partial charge is 0.270 e. The summed E-state index contributed by atoms with van der Waals surface area (Å²) in [4.78, 5) is 23.7. The minimum absolute atomic E-state index is 0.188. The van der Waals surface area contributed by atoms with Gasteiger partial charge in [0, 0.05) is 14.1 Å². The van der Waals surface area contributed by atoms with Gasteiger partial charge in [0.2, 0.25) is 5.91 Å². The van der Waals surface area contributed by atoms with E-state index in [1.54, 1.807) is 24.8 Å². The van der Waals surface area contributed by atoms with Crippen molar-refractivity contribution in [2.24, 2.45) is 7.05 Å². The van der Waals surface area contributed by atoms with Crippen molar-refractivity contribution in [3.05, 3.63) is 17.5 Å². The van der Waals surface area contributed by atoms with E-state index in [2.05, 4.69) is 22.7 Å². The summed E-state index contributed by atoms with van der Waals surface area (Å²) in [5.41, 5.74) is 1.37. The largest absolute Gasteiger partial charge is 0.357 e. The van der Waals surface area contributed by atoms with E-state index >= 15 is 0 Å². The molecule has 2 amide bonds. The monoisotopic (exact) mass is 266 g/mol. The molecule has 1 atom stereocenters. The molecular weight excluding hydrogens is 244 g/mol. The maximum absolute atomic E-state index is 12.1. The predicted octanol–water partition coefficient (Wildman–Crippen LogP) is 0.627. The highest BCUT2D eigenvalue weighted by Gasteiger charge is 2.20. The van der Waals surface area contributed by atoms with Gasteiger partial charge in [0.15, 0.2) is 0 Å². The molecule has 6 heteroatoms. The summed E-state index contributed by atoms with van der Waals surface area (Å²) in [6.07, 6.45) is 2.37. The lowest BCUT2D eigenvalue weighted by Crippen LogP contribution is -2.45. The topological polar surface area (TPSA) is 76.0 Å². The summed E-state index contributed by atoms with van der Waals surface area (Å²) in [6.45, 7) is 3.92. The number of nitrogens with zero attached hydrogens (tertiary/aromatic N) is 2. The Balaban J connectivity index is 2.79. The second-order valence-electron chi connectivity index (χ2n) is 4.44. The highest BCUT2D eigenvalue weighted by molar-refractivity contribution is 5.96. The fourth-order valence-corrected chi connectivity index (χ4v) is 1.88. The summed E-state index contributed by atoms with van der Waals surface area (Å²) in [5, 5.41) is 9.53. The van der Waals surface area contributed by atoms with Crippen LogP contribution in [-0.4, -0.2) is 34.7 Å². The maximum Gasteiger partial charge on any atom is 0.270 e. The van der Waals surface area contributed by atoms with Gasteiger partial charge in [0.05, 0.1) is 5.69 Å². The van der Waals surface area contributed by atoms with Crippen LogP contribution < -0.4 is 10.6 Å². The Morgan fingerprint density at radius 3 is 2.63 bits per heavy atom. The Labute approximate surface area is 113 Å². The molecule has 0 radical (unpaired) electrons. The lowest BCUT2D eigenvalue weighted by Gasteiger charge is -2.15. The van der Waals surface area contributed by atoms with Crippen LogP contribution in [0.4, 0.5) is 0 Å². The Hall–Kier alpha value is -1.85. The van der Waals surface area contributed by atoms with Crippen molar-refractivity contribution in [1.82, 2.24) is 20.4 Å². The van der Waals surface area contributed by atoms with Crippen LogP contribution in [0.1, 0.15) is 42.9 Å². The lowest BCUT2D eigenvalue weighted by atomic mass is 10.2. The van der Waals surface area contributed by atoms with E-state index in [0.717, 1.165) is 18.5 Å². The molecule has 0 bridgehead atoms. The van der Waals surface area contributed by atoms with E-state index in [1.807, 2.05) is 6.92 Å². The van der Waals surface area contributed by atoms with Gasteiger partial charge in [0.25, 0.3) is 5.91 Å². The van der Waals surface area contributed by atoms with Crippen LogP contribution in [0.3, 0.4) is 0 Å². The second-order valence-corrected chi connectivity index (χ2v) is 4.44. The molecule has 19 heavy (non-hydrogen) atoms. The third-order valence-corrected chi connectivity index (χ3v) is 2.95.